The van der Waals surface area contributed by atoms with Crippen molar-refractivity contribution in [3.63, 3.8) is 0 Å². The SMILES string of the molecule is COC1CCCC1NCc1noc(C)n1. The average molecular weight is 211 g/mol. The largest absolute Gasteiger partial charge is 0.380 e. The third-order valence-electron chi connectivity index (χ3n) is 2.85. The zero-order valence-electron chi connectivity index (χ0n) is 9.19. The summed E-state index contributed by atoms with van der Waals surface area (Å²) in [6.45, 7) is 2.45. The zero-order chi connectivity index (χ0) is 10.7. The smallest absolute Gasteiger partial charge is 0.223 e. The fourth-order valence-corrected chi connectivity index (χ4v) is 2.08. The minimum atomic E-state index is 0.331. The van der Waals surface area contributed by atoms with Gasteiger partial charge in [-0.1, -0.05) is 5.16 Å². The number of ether oxygens (including phenoxy) is 1. The molecule has 1 N–H and O–H groups in total. The first-order chi connectivity index (χ1) is 7.29. The van der Waals surface area contributed by atoms with Gasteiger partial charge in [-0.3, -0.25) is 0 Å². The van der Waals surface area contributed by atoms with Crippen molar-refractivity contribution in [3.8, 4) is 0 Å². The van der Waals surface area contributed by atoms with Crippen LogP contribution in [0.4, 0.5) is 0 Å². The van der Waals surface area contributed by atoms with Crippen LogP contribution in [0.3, 0.4) is 0 Å². The van der Waals surface area contributed by atoms with Crippen LogP contribution in [0, 0.1) is 6.92 Å². The fraction of sp³-hybridized carbons (Fsp3) is 0.800. The first kappa shape index (κ1) is 10.6. The van der Waals surface area contributed by atoms with Crippen LogP contribution in [0.5, 0.6) is 0 Å². The Morgan fingerprint density at radius 1 is 1.53 bits per heavy atom. The fourth-order valence-electron chi connectivity index (χ4n) is 2.08. The Kier molecular flexibility index (Phi) is 3.33. The molecule has 0 amide bonds. The summed E-state index contributed by atoms with van der Waals surface area (Å²) in [4.78, 5) is 4.14. The van der Waals surface area contributed by atoms with Crippen LogP contribution in [-0.2, 0) is 11.3 Å². The maximum atomic E-state index is 5.39. The van der Waals surface area contributed by atoms with Gasteiger partial charge in [-0.25, -0.2) is 0 Å². The Hall–Kier alpha value is -0.940. The standard InChI is InChI=1S/C10H17N3O2/c1-7-12-10(13-15-7)6-11-8-4-3-5-9(8)14-2/h8-9,11H,3-6H2,1-2H3. The maximum Gasteiger partial charge on any atom is 0.223 e. The lowest BCUT2D eigenvalue weighted by molar-refractivity contribution is 0.0844. The van der Waals surface area contributed by atoms with Gasteiger partial charge in [0.2, 0.25) is 5.89 Å². The highest BCUT2D eigenvalue weighted by atomic mass is 16.5. The summed E-state index contributed by atoms with van der Waals surface area (Å²) in [5.41, 5.74) is 0. The van der Waals surface area contributed by atoms with Gasteiger partial charge in [0.15, 0.2) is 5.82 Å². The molecule has 15 heavy (non-hydrogen) atoms. The first-order valence-corrected chi connectivity index (χ1v) is 5.35. The quantitative estimate of drug-likeness (QED) is 0.806. The van der Waals surface area contributed by atoms with E-state index in [1.165, 1.54) is 6.42 Å². The normalized spacial score (nSPS) is 26.0. The second kappa shape index (κ2) is 4.72. The Morgan fingerprint density at radius 3 is 3.07 bits per heavy atom. The monoisotopic (exact) mass is 211 g/mol. The van der Waals surface area contributed by atoms with E-state index in [-0.39, 0.29) is 0 Å². The van der Waals surface area contributed by atoms with Gasteiger partial charge < -0.3 is 14.6 Å². The molecule has 2 atom stereocenters. The van der Waals surface area contributed by atoms with Crippen molar-refractivity contribution >= 4 is 0 Å². The Morgan fingerprint density at radius 2 is 2.40 bits per heavy atom. The van der Waals surface area contributed by atoms with Crippen LogP contribution < -0.4 is 5.32 Å². The third kappa shape index (κ3) is 2.54. The van der Waals surface area contributed by atoms with Gasteiger partial charge in [0.05, 0.1) is 12.6 Å². The molecule has 0 radical (unpaired) electrons. The molecule has 2 unspecified atom stereocenters. The summed E-state index contributed by atoms with van der Waals surface area (Å²) in [5.74, 6) is 1.33. The van der Waals surface area contributed by atoms with E-state index in [9.17, 15) is 0 Å². The van der Waals surface area contributed by atoms with E-state index in [0.29, 0.717) is 30.4 Å². The summed E-state index contributed by atoms with van der Waals surface area (Å²) < 4.78 is 10.3. The number of rotatable bonds is 4. The summed E-state index contributed by atoms with van der Waals surface area (Å²) in [6, 6.07) is 0.425. The molecule has 1 aromatic rings. The highest BCUT2D eigenvalue weighted by Crippen LogP contribution is 2.21. The average Bonchev–Trinajstić information content (AvgIpc) is 2.83. The Labute approximate surface area is 89.2 Å². The van der Waals surface area contributed by atoms with E-state index in [0.717, 1.165) is 12.8 Å². The summed E-state index contributed by atoms with van der Waals surface area (Å²) in [6.07, 6.45) is 3.86. The molecular formula is C10H17N3O2. The lowest BCUT2D eigenvalue weighted by Gasteiger charge is -2.18. The lowest BCUT2D eigenvalue weighted by Crippen LogP contribution is -2.36. The number of nitrogens with one attached hydrogen (secondary N) is 1. The van der Waals surface area contributed by atoms with E-state index in [2.05, 4.69) is 15.5 Å². The molecule has 1 aliphatic rings. The molecule has 0 aromatic carbocycles. The second-order valence-corrected chi connectivity index (χ2v) is 3.92. The summed E-state index contributed by atoms with van der Waals surface area (Å²) in [7, 11) is 1.77. The number of aryl methyl sites for hydroxylation is 1. The van der Waals surface area contributed by atoms with Crippen LogP contribution in [-0.4, -0.2) is 29.4 Å². The second-order valence-electron chi connectivity index (χ2n) is 3.92. The van der Waals surface area contributed by atoms with Gasteiger partial charge in [0.1, 0.15) is 0 Å². The first-order valence-electron chi connectivity index (χ1n) is 5.35. The predicted molar refractivity (Wildman–Crippen MR) is 54.3 cm³/mol. The molecule has 5 nitrogen and oxygen atoms in total. The van der Waals surface area contributed by atoms with E-state index >= 15 is 0 Å². The molecular weight excluding hydrogens is 194 g/mol. The van der Waals surface area contributed by atoms with E-state index in [1.54, 1.807) is 14.0 Å². The molecule has 1 aliphatic carbocycles. The predicted octanol–water partition coefficient (Wildman–Crippen LogP) is 1.04. The van der Waals surface area contributed by atoms with E-state index in [4.69, 9.17) is 9.26 Å². The number of hydrogen-bond donors (Lipinski definition) is 1. The van der Waals surface area contributed by atoms with Crippen molar-refractivity contribution in [1.29, 1.82) is 0 Å². The highest BCUT2D eigenvalue weighted by Gasteiger charge is 2.26. The van der Waals surface area contributed by atoms with Gasteiger partial charge in [-0.2, -0.15) is 4.98 Å². The van der Waals surface area contributed by atoms with Gasteiger partial charge in [0, 0.05) is 20.1 Å². The number of aromatic nitrogens is 2. The molecule has 1 aromatic heterocycles. The molecule has 2 rings (SSSR count). The van der Waals surface area contributed by atoms with Gasteiger partial charge in [0.25, 0.3) is 0 Å². The van der Waals surface area contributed by atoms with Crippen molar-refractivity contribution < 1.29 is 9.26 Å². The van der Waals surface area contributed by atoms with Gasteiger partial charge in [-0.15, -0.1) is 0 Å². The molecule has 84 valence electrons. The van der Waals surface area contributed by atoms with Crippen LogP contribution in [0.1, 0.15) is 31.0 Å². The lowest BCUT2D eigenvalue weighted by atomic mass is 10.2. The summed E-state index contributed by atoms with van der Waals surface area (Å²) >= 11 is 0. The van der Waals surface area contributed by atoms with Crippen LogP contribution >= 0.6 is 0 Å². The van der Waals surface area contributed by atoms with Crippen molar-refractivity contribution in [1.82, 2.24) is 15.5 Å². The molecule has 0 saturated heterocycles. The van der Waals surface area contributed by atoms with Crippen molar-refractivity contribution in [2.24, 2.45) is 0 Å². The van der Waals surface area contributed by atoms with Crippen molar-refractivity contribution in [3.05, 3.63) is 11.7 Å². The van der Waals surface area contributed by atoms with Gasteiger partial charge in [-0.05, 0) is 19.3 Å². The zero-order valence-corrected chi connectivity index (χ0v) is 9.19. The minimum Gasteiger partial charge on any atom is -0.380 e. The molecule has 0 aliphatic heterocycles. The molecule has 0 bridgehead atoms. The Balaban J connectivity index is 1.82. The molecule has 0 spiro atoms. The van der Waals surface area contributed by atoms with E-state index in [1.807, 2.05) is 0 Å². The molecule has 1 fully saturated rings. The minimum absolute atomic E-state index is 0.331. The van der Waals surface area contributed by atoms with E-state index < -0.39 is 0 Å². The highest BCUT2D eigenvalue weighted by molar-refractivity contribution is 4.88. The Bertz CT molecular complexity index is 313. The molecule has 5 heteroatoms. The number of methoxy groups -OCH3 is 1. The molecule has 1 saturated carbocycles. The van der Waals surface area contributed by atoms with Crippen molar-refractivity contribution in [2.75, 3.05) is 7.11 Å². The van der Waals surface area contributed by atoms with Crippen LogP contribution in [0.2, 0.25) is 0 Å². The van der Waals surface area contributed by atoms with Crippen LogP contribution in [0.15, 0.2) is 4.52 Å². The van der Waals surface area contributed by atoms with Crippen molar-refractivity contribution in [2.45, 2.75) is 44.9 Å². The van der Waals surface area contributed by atoms with Gasteiger partial charge >= 0.3 is 0 Å². The maximum absolute atomic E-state index is 5.39. The molecule has 1 heterocycles. The summed E-state index contributed by atoms with van der Waals surface area (Å²) in [5, 5.41) is 7.24. The van der Waals surface area contributed by atoms with Crippen LogP contribution in [0.25, 0.3) is 0 Å². The third-order valence-corrected chi connectivity index (χ3v) is 2.85. The topological polar surface area (TPSA) is 60.2 Å². The number of hydrogen-bond acceptors (Lipinski definition) is 5. The number of nitrogens with zero attached hydrogens (tertiary/aromatic N) is 2.